The number of carbonyl (C=O) groups is 2. The van der Waals surface area contributed by atoms with Crippen molar-refractivity contribution in [3.63, 3.8) is 0 Å². The van der Waals surface area contributed by atoms with Crippen LogP contribution in [0.3, 0.4) is 0 Å². The van der Waals surface area contributed by atoms with Gasteiger partial charge in [-0.3, -0.25) is 9.59 Å². The van der Waals surface area contributed by atoms with E-state index in [9.17, 15) is 9.59 Å². The van der Waals surface area contributed by atoms with E-state index < -0.39 is 0 Å². The van der Waals surface area contributed by atoms with Crippen LogP contribution >= 0.6 is 11.3 Å². The standard InChI is InChI=1S/C27H31N3O3S/c1-4-28-27(32)23-17-34-24(29-23)16-33-21-11-10-19-12-13-30(25(31)14-18(2)3)26(22(19)15-21)20-8-6-5-7-9-20/h5-11,15,17-18,26H,4,12-14,16H2,1-3H3,(H,28,32). The van der Waals surface area contributed by atoms with E-state index in [0.29, 0.717) is 31.1 Å². The topological polar surface area (TPSA) is 71.5 Å². The lowest BCUT2D eigenvalue weighted by Gasteiger charge is -2.38. The molecule has 6 nitrogen and oxygen atoms in total. The summed E-state index contributed by atoms with van der Waals surface area (Å²) in [6, 6.07) is 16.2. The third-order valence-corrected chi connectivity index (χ3v) is 6.67. The highest BCUT2D eigenvalue weighted by Crippen LogP contribution is 2.38. The van der Waals surface area contributed by atoms with Crippen molar-refractivity contribution in [1.29, 1.82) is 0 Å². The zero-order valence-corrected chi connectivity index (χ0v) is 20.7. The number of thiazole rings is 1. The Bertz CT molecular complexity index is 1140. The van der Waals surface area contributed by atoms with E-state index >= 15 is 0 Å². The summed E-state index contributed by atoms with van der Waals surface area (Å²) in [5, 5.41) is 5.25. The fraction of sp³-hybridized carbons (Fsp3) is 0.370. The Kier molecular flexibility index (Phi) is 7.63. The van der Waals surface area contributed by atoms with Crippen molar-refractivity contribution in [2.24, 2.45) is 5.92 Å². The van der Waals surface area contributed by atoms with Crippen molar-refractivity contribution in [3.05, 3.63) is 81.3 Å². The second-order valence-electron chi connectivity index (χ2n) is 8.88. The molecule has 0 saturated heterocycles. The van der Waals surface area contributed by atoms with Crippen LogP contribution in [0.5, 0.6) is 5.75 Å². The molecule has 1 N–H and O–H groups in total. The lowest BCUT2D eigenvalue weighted by molar-refractivity contribution is -0.134. The van der Waals surface area contributed by atoms with Gasteiger partial charge in [-0.15, -0.1) is 11.3 Å². The fourth-order valence-corrected chi connectivity index (χ4v) is 4.98. The number of nitrogens with one attached hydrogen (secondary N) is 1. The second kappa shape index (κ2) is 10.8. The maximum absolute atomic E-state index is 13.2. The van der Waals surface area contributed by atoms with Gasteiger partial charge < -0.3 is 15.0 Å². The van der Waals surface area contributed by atoms with E-state index in [0.717, 1.165) is 28.3 Å². The van der Waals surface area contributed by atoms with E-state index in [4.69, 9.17) is 4.74 Å². The predicted octanol–water partition coefficient (Wildman–Crippen LogP) is 4.99. The quantitative estimate of drug-likeness (QED) is 0.496. The molecule has 2 heterocycles. The zero-order chi connectivity index (χ0) is 24.1. The van der Waals surface area contributed by atoms with Crippen LogP contribution in [0.15, 0.2) is 53.9 Å². The van der Waals surface area contributed by atoms with Gasteiger partial charge in [0, 0.05) is 24.9 Å². The molecular weight excluding hydrogens is 446 g/mol. The molecule has 34 heavy (non-hydrogen) atoms. The average Bonchev–Trinajstić information content (AvgIpc) is 3.31. The molecule has 1 atom stereocenters. The molecule has 0 fully saturated rings. The van der Waals surface area contributed by atoms with E-state index in [-0.39, 0.29) is 24.5 Å². The Morgan fingerprint density at radius 2 is 2.00 bits per heavy atom. The second-order valence-corrected chi connectivity index (χ2v) is 9.83. The van der Waals surface area contributed by atoms with Gasteiger partial charge in [-0.05, 0) is 48.1 Å². The summed E-state index contributed by atoms with van der Waals surface area (Å²) in [4.78, 5) is 31.5. The van der Waals surface area contributed by atoms with Gasteiger partial charge in [0.05, 0.1) is 6.04 Å². The zero-order valence-electron chi connectivity index (χ0n) is 19.9. The summed E-state index contributed by atoms with van der Waals surface area (Å²) in [5.41, 5.74) is 3.86. The van der Waals surface area contributed by atoms with Crippen LogP contribution in [0, 0.1) is 5.92 Å². The first kappa shape index (κ1) is 24.0. The van der Waals surface area contributed by atoms with Gasteiger partial charge in [-0.2, -0.15) is 0 Å². The van der Waals surface area contributed by atoms with Crippen LogP contribution in [0.4, 0.5) is 0 Å². The summed E-state index contributed by atoms with van der Waals surface area (Å²) < 4.78 is 6.07. The number of carbonyl (C=O) groups excluding carboxylic acids is 2. The van der Waals surface area contributed by atoms with Crippen LogP contribution in [-0.4, -0.2) is 34.8 Å². The van der Waals surface area contributed by atoms with E-state index in [1.54, 1.807) is 5.38 Å². The van der Waals surface area contributed by atoms with Crippen molar-refractivity contribution in [1.82, 2.24) is 15.2 Å². The highest BCUT2D eigenvalue weighted by atomic mass is 32.1. The molecule has 2 amide bonds. The maximum atomic E-state index is 13.2. The Morgan fingerprint density at radius 3 is 2.74 bits per heavy atom. The van der Waals surface area contributed by atoms with Crippen LogP contribution in [0.1, 0.15) is 65.4 Å². The first-order valence-corrected chi connectivity index (χ1v) is 12.7. The fourth-order valence-electron chi connectivity index (χ4n) is 4.29. The van der Waals surface area contributed by atoms with E-state index in [1.165, 1.54) is 16.9 Å². The lowest BCUT2D eigenvalue weighted by atomic mass is 9.87. The van der Waals surface area contributed by atoms with Crippen molar-refractivity contribution in [2.75, 3.05) is 13.1 Å². The third kappa shape index (κ3) is 5.47. The van der Waals surface area contributed by atoms with Gasteiger partial charge in [-0.25, -0.2) is 4.98 Å². The highest BCUT2D eigenvalue weighted by molar-refractivity contribution is 7.09. The Hall–Kier alpha value is -3.19. The summed E-state index contributed by atoms with van der Waals surface area (Å²) in [6.07, 6.45) is 1.36. The number of nitrogens with zero attached hydrogens (tertiary/aromatic N) is 2. The lowest BCUT2D eigenvalue weighted by Crippen LogP contribution is -2.41. The minimum atomic E-state index is -0.171. The molecule has 1 aliphatic rings. The van der Waals surface area contributed by atoms with Gasteiger partial charge in [0.2, 0.25) is 5.91 Å². The number of ether oxygens (including phenoxy) is 1. The molecule has 3 aromatic rings. The molecule has 178 valence electrons. The van der Waals surface area contributed by atoms with Crippen molar-refractivity contribution >= 4 is 23.2 Å². The van der Waals surface area contributed by atoms with Crippen LogP contribution in [0.25, 0.3) is 0 Å². The summed E-state index contributed by atoms with van der Waals surface area (Å²) >= 11 is 1.41. The maximum Gasteiger partial charge on any atom is 0.270 e. The van der Waals surface area contributed by atoms with Crippen LogP contribution in [0.2, 0.25) is 0 Å². The van der Waals surface area contributed by atoms with Crippen molar-refractivity contribution < 1.29 is 14.3 Å². The average molecular weight is 478 g/mol. The molecule has 7 heteroatoms. The van der Waals surface area contributed by atoms with Crippen molar-refractivity contribution in [2.45, 2.75) is 46.3 Å². The van der Waals surface area contributed by atoms with E-state index in [2.05, 4.69) is 48.4 Å². The van der Waals surface area contributed by atoms with Crippen LogP contribution < -0.4 is 10.1 Å². The van der Waals surface area contributed by atoms with Gasteiger partial charge in [-0.1, -0.05) is 50.2 Å². The third-order valence-electron chi connectivity index (χ3n) is 5.85. The molecule has 1 unspecified atom stereocenters. The normalized spacial score (nSPS) is 15.2. The molecule has 0 spiro atoms. The molecule has 0 bridgehead atoms. The minimum absolute atomic E-state index is 0.135. The molecule has 2 aromatic carbocycles. The Labute approximate surface area is 205 Å². The van der Waals surface area contributed by atoms with Crippen molar-refractivity contribution in [3.8, 4) is 5.75 Å². The molecule has 0 radical (unpaired) electrons. The van der Waals surface area contributed by atoms with Gasteiger partial charge in [0.1, 0.15) is 23.1 Å². The smallest absolute Gasteiger partial charge is 0.270 e. The molecule has 4 rings (SSSR count). The molecule has 1 aliphatic heterocycles. The molecular formula is C27H31N3O3S. The number of benzene rings is 2. The minimum Gasteiger partial charge on any atom is -0.486 e. The number of rotatable bonds is 8. The Balaban J connectivity index is 1.58. The van der Waals surface area contributed by atoms with Gasteiger partial charge >= 0.3 is 0 Å². The number of fused-ring (bicyclic) bond motifs is 1. The van der Waals surface area contributed by atoms with E-state index in [1.807, 2.05) is 36.1 Å². The summed E-state index contributed by atoms with van der Waals surface area (Å²) in [7, 11) is 0. The molecule has 0 saturated carbocycles. The highest BCUT2D eigenvalue weighted by Gasteiger charge is 2.32. The molecule has 0 aliphatic carbocycles. The monoisotopic (exact) mass is 477 g/mol. The number of hydrogen-bond donors (Lipinski definition) is 1. The first-order valence-electron chi connectivity index (χ1n) is 11.8. The summed E-state index contributed by atoms with van der Waals surface area (Å²) in [5.74, 6) is 1.05. The van der Waals surface area contributed by atoms with Crippen LogP contribution in [-0.2, 0) is 17.8 Å². The largest absolute Gasteiger partial charge is 0.486 e. The number of hydrogen-bond acceptors (Lipinski definition) is 5. The number of amides is 2. The Morgan fingerprint density at radius 1 is 1.21 bits per heavy atom. The van der Waals surface area contributed by atoms with Gasteiger partial charge in [0.25, 0.3) is 5.91 Å². The number of aromatic nitrogens is 1. The molecule has 1 aromatic heterocycles. The first-order chi connectivity index (χ1) is 16.5. The predicted molar refractivity (Wildman–Crippen MR) is 134 cm³/mol. The van der Waals surface area contributed by atoms with Gasteiger partial charge in [0.15, 0.2) is 0 Å². The SMILES string of the molecule is CCNC(=O)c1csc(COc2ccc3c(c2)C(c2ccccc2)N(C(=O)CC(C)C)CC3)n1. The summed E-state index contributed by atoms with van der Waals surface area (Å²) in [6.45, 7) is 7.60.